The Morgan fingerprint density at radius 3 is 2.64 bits per heavy atom. The molecule has 2 rings (SSSR count). The van der Waals surface area contributed by atoms with E-state index in [9.17, 15) is 14.4 Å². The molecule has 3 amide bonds. The minimum atomic E-state index is -0.639. The monoisotopic (exact) mass is 347 g/mol. The van der Waals surface area contributed by atoms with E-state index in [-0.39, 0.29) is 11.5 Å². The second-order valence-electron chi connectivity index (χ2n) is 6.99. The number of rotatable bonds is 3. The molecule has 1 aliphatic rings. The molecule has 0 bridgehead atoms. The number of para-hydroxylation sites is 1. The summed E-state index contributed by atoms with van der Waals surface area (Å²) in [5, 5.41) is 8.11. The molecule has 1 aliphatic heterocycles. The van der Waals surface area contributed by atoms with Crippen molar-refractivity contribution in [3.05, 3.63) is 29.8 Å². The molecule has 1 aromatic carbocycles. The van der Waals surface area contributed by atoms with Gasteiger partial charge in [0.1, 0.15) is 11.6 Å². The number of carbonyl (C=O) groups is 3. The lowest BCUT2D eigenvalue weighted by Gasteiger charge is -2.21. The molecule has 1 aromatic rings. The van der Waals surface area contributed by atoms with Crippen LogP contribution in [0.3, 0.4) is 0 Å². The fourth-order valence-electron chi connectivity index (χ4n) is 2.52. The maximum atomic E-state index is 12.6. The van der Waals surface area contributed by atoms with Crippen LogP contribution in [0.15, 0.2) is 24.3 Å². The first-order valence-corrected chi connectivity index (χ1v) is 8.44. The minimum absolute atomic E-state index is 0.177. The van der Waals surface area contributed by atoms with Gasteiger partial charge in [-0.25, -0.2) is 4.79 Å². The van der Waals surface area contributed by atoms with E-state index in [1.165, 1.54) is 0 Å². The number of amides is 3. The van der Waals surface area contributed by atoms with Crippen molar-refractivity contribution in [2.45, 2.75) is 51.7 Å². The summed E-state index contributed by atoms with van der Waals surface area (Å²) >= 11 is 0. The summed E-state index contributed by atoms with van der Waals surface area (Å²) < 4.78 is 5.21. The second kappa shape index (κ2) is 8.00. The van der Waals surface area contributed by atoms with Gasteiger partial charge in [-0.15, -0.1) is 0 Å². The van der Waals surface area contributed by atoms with Crippen LogP contribution in [0.4, 0.5) is 10.5 Å². The van der Waals surface area contributed by atoms with Gasteiger partial charge in [-0.05, 0) is 52.2 Å². The zero-order valence-electron chi connectivity index (χ0n) is 14.8. The van der Waals surface area contributed by atoms with Gasteiger partial charge in [0.05, 0.1) is 11.3 Å². The van der Waals surface area contributed by atoms with E-state index in [2.05, 4.69) is 16.0 Å². The average Bonchev–Trinajstić information content (AvgIpc) is 2.71. The van der Waals surface area contributed by atoms with Crippen LogP contribution in [-0.2, 0) is 9.53 Å². The highest BCUT2D eigenvalue weighted by Gasteiger charge is 2.24. The Balaban J connectivity index is 2.09. The maximum absolute atomic E-state index is 12.6. The van der Waals surface area contributed by atoms with Gasteiger partial charge in [0, 0.05) is 6.54 Å². The summed E-state index contributed by atoms with van der Waals surface area (Å²) in [4.78, 5) is 36.5. The number of ether oxygens (including phenoxy) is 1. The predicted molar refractivity (Wildman–Crippen MR) is 94.4 cm³/mol. The fourth-order valence-corrected chi connectivity index (χ4v) is 2.52. The topological polar surface area (TPSA) is 96.5 Å². The third-order valence-corrected chi connectivity index (χ3v) is 3.65. The summed E-state index contributed by atoms with van der Waals surface area (Å²) in [5.74, 6) is -0.586. The van der Waals surface area contributed by atoms with Crippen molar-refractivity contribution in [3.8, 4) is 0 Å². The van der Waals surface area contributed by atoms with Crippen molar-refractivity contribution in [2.24, 2.45) is 0 Å². The number of carbonyl (C=O) groups excluding carboxylic acids is 3. The van der Waals surface area contributed by atoms with Gasteiger partial charge in [0.15, 0.2) is 0 Å². The van der Waals surface area contributed by atoms with Crippen LogP contribution < -0.4 is 16.0 Å². The third kappa shape index (κ3) is 5.77. The summed E-state index contributed by atoms with van der Waals surface area (Å²) in [6.45, 7) is 5.91. The lowest BCUT2D eigenvalue weighted by atomic mass is 10.1. The first kappa shape index (κ1) is 18.8. The zero-order chi connectivity index (χ0) is 18.4. The maximum Gasteiger partial charge on any atom is 0.412 e. The van der Waals surface area contributed by atoms with Crippen molar-refractivity contribution < 1.29 is 19.1 Å². The lowest BCUT2D eigenvalue weighted by Crippen LogP contribution is -2.45. The summed E-state index contributed by atoms with van der Waals surface area (Å²) in [5.41, 5.74) is -0.0200. The Bertz CT molecular complexity index is 652. The van der Waals surface area contributed by atoms with Crippen LogP contribution in [0.5, 0.6) is 0 Å². The van der Waals surface area contributed by atoms with Gasteiger partial charge in [-0.1, -0.05) is 12.1 Å². The second-order valence-corrected chi connectivity index (χ2v) is 6.99. The van der Waals surface area contributed by atoms with E-state index in [1.54, 1.807) is 45.0 Å². The van der Waals surface area contributed by atoms with Crippen molar-refractivity contribution in [3.63, 3.8) is 0 Å². The van der Waals surface area contributed by atoms with E-state index in [1.807, 2.05) is 0 Å². The Morgan fingerprint density at radius 1 is 1.20 bits per heavy atom. The highest BCUT2D eigenvalue weighted by atomic mass is 16.6. The van der Waals surface area contributed by atoms with Gasteiger partial charge in [0.2, 0.25) is 5.91 Å². The third-order valence-electron chi connectivity index (χ3n) is 3.65. The molecule has 0 spiro atoms. The molecule has 0 radical (unpaired) electrons. The van der Waals surface area contributed by atoms with E-state index >= 15 is 0 Å². The highest BCUT2D eigenvalue weighted by Crippen LogP contribution is 2.18. The Labute approximate surface area is 147 Å². The molecule has 3 N–H and O–H groups in total. The molecule has 1 fully saturated rings. The molecular formula is C18H25N3O4. The first-order valence-electron chi connectivity index (χ1n) is 8.44. The summed E-state index contributed by atoms with van der Waals surface area (Å²) in [7, 11) is 0. The normalized spacial score (nSPS) is 17.9. The Kier molecular flexibility index (Phi) is 6.01. The molecule has 1 unspecified atom stereocenters. The molecule has 136 valence electrons. The molecule has 7 nitrogen and oxygen atoms in total. The summed E-state index contributed by atoms with van der Waals surface area (Å²) in [6, 6.07) is 6.05. The van der Waals surface area contributed by atoms with Crippen LogP contribution in [0.1, 0.15) is 50.4 Å². The van der Waals surface area contributed by atoms with Gasteiger partial charge in [0.25, 0.3) is 5.91 Å². The molecule has 0 aromatic heterocycles. The highest BCUT2D eigenvalue weighted by molar-refractivity contribution is 6.04. The standard InChI is InChI=1S/C18H25N3O4/c1-18(2,3)25-17(24)21-13-9-5-4-8-12(13)15(22)20-14-10-6-7-11-19-16(14)23/h4-5,8-9,14H,6-7,10-11H2,1-3H3,(H,19,23)(H,20,22)(H,21,24). The minimum Gasteiger partial charge on any atom is -0.444 e. The predicted octanol–water partition coefficient (Wildman–Crippen LogP) is 2.43. The molecule has 1 heterocycles. The van der Waals surface area contributed by atoms with Gasteiger partial charge < -0.3 is 15.4 Å². The number of hydrogen-bond acceptors (Lipinski definition) is 4. The Hall–Kier alpha value is -2.57. The Morgan fingerprint density at radius 2 is 1.92 bits per heavy atom. The van der Waals surface area contributed by atoms with Crippen molar-refractivity contribution in [1.82, 2.24) is 10.6 Å². The summed E-state index contributed by atoms with van der Waals surface area (Å²) in [6.07, 6.45) is 1.72. The van der Waals surface area contributed by atoms with E-state index in [0.29, 0.717) is 18.7 Å². The molecule has 7 heteroatoms. The number of anilines is 1. The van der Waals surface area contributed by atoms with Gasteiger partial charge in [-0.2, -0.15) is 0 Å². The lowest BCUT2D eigenvalue weighted by molar-refractivity contribution is -0.122. The van der Waals surface area contributed by atoms with E-state index < -0.39 is 23.6 Å². The number of benzene rings is 1. The number of nitrogens with one attached hydrogen (secondary N) is 3. The van der Waals surface area contributed by atoms with Crippen LogP contribution in [0.25, 0.3) is 0 Å². The van der Waals surface area contributed by atoms with Gasteiger partial charge >= 0.3 is 6.09 Å². The molecule has 0 aliphatic carbocycles. The van der Waals surface area contributed by atoms with Crippen LogP contribution in [-0.4, -0.2) is 36.1 Å². The first-order chi connectivity index (χ1) is 11.8. The van der Waals surface area contributed by atoms with E-state index in [4.69, 9.17) is 4.74 Å². The smallest absolute Gasteiger partial charge is 0.412 e. The van der Waals surface area contributed by atoms with Gasteiger partial charge in [-0.3, -0.25) is 14.9 Å². The largest absolute Gasteiger partial charge is 0.444 e. The van der Waals surface area contributed by atoms with E-state index in [0.717, 1.165) is 12.8 Å². The molecule has 0 saturated carbocycles. The average molecular weight is 347 g/mol. The molecule has 1 atom stereocenters. The van der Waals surface area contributed by atoms with Crippen molar-refractivity contribution >= 4 is 23.6 Å². The van der Waals surface area contributed by atoms with Crippen LogP contribution in [0, 0.1) is 0 Å². The SMILES string of the molecule is CC(C)(C)OC(=O)Nc1ccccc1C(=O)NC1CCCCNC1=O. The fraction of sp³-hybridized carbons (Fsp3) is 0.500. The molecule has 1 saturated heterocycles. The molecular weight excluding hydrogens is 322 g/mol. The number of hydrogen-bond donors (Lipinski definition) is 3. The molecule has 25 heavy (non-hydrogen) atoms. The quantitative estimate of drug-likeness (QED) is 0.782. The van der Waals surface area contributed by atoms with Crippen molar-refractivity contribution in [2.75, 3.05) is 11.9 Å². The van der Waals surface area contributed by atoms with Crippen LogP contribution >= 0.6 is 0 Å². The zero-order valence-corrected chi connectivity index (χ0v) is 14.8. The van der Waals surface area contributed by atoms with Crippen molar-refractivity contribution in [1.29, 1.82) is 0 Å². The van der Waals surface area contributed by atoms with Crippen LogP contribution in [0.2, 0.25) is 0 Å².